The minimum absolute atomic E-state index is 0.147. The van der Waals surface area contributed by atoms with Crippen LogP contribution in [0.4, 0.5) is 5.69 Å². The smallest absolute Gasteiger partial charge is 0.267 e. The second-order valence-corrected chi connectivity index (χ2v) is 4.41. The SMILES string of the molecule is Cc1ccc(=O)n(CC(=O)Nc2ccccc2Cl)n1. The highest BCUT2D eigenvalue weighted by Gasteiger charge is 2.08. The standard InChI is InChI=1S/C13H12ClN3O2/c1-9-6-7-13(19)17(16-9)8-12(18)15-11-5-3-2-4-10(11)14/h2-7H,8H2,1H3,(H,15,18). The number of hydrogen-bond acceptors (Lipinski definition) is 3. The van der Waals surface area contributed by atoms with Crippen molar-refractivity contribution in [1.29, 1.82) is 0 Å². The topological polar surface area (TPSA) is 64.0 Å². The summed E-state index contributed by atoms with van der Waals surface area (Å²) in [6.45, 7) is 1.60. The number of hydrogen-bond donors (Lipinski definition) is 1. The van der Waals surface area contributed by atoms with Crippen molar-refractivity contribution >= 4 is 23.2 Å². The van der Waals surface area contributed by atoms with Gasteiger partial charge in [0.1, 0.15) is 6.54 Å². The zero-order valence-corrected chi connectivity index (χ0v) is 11.0. The molecule has 0 saturated carbocycles. The van der Waals surface area contributed by atoms with Crippen molar-refractivity contribution in [3.8, 4) is 0 Å². The van der Waals surface area contributed by atoms with Crippen molar-refractivity contribution in [2.75, 3.05) is 5.32 Å². The largest absolute Gasteiger partial charge is 0.323 e. The van der Waals surface area contributed by atoms with Gasteiger partial charge in [-0.3, -0.25) is 9.59 Å². The summed E-state index contributed by atoms with van der Waals surface area (Å²) in [6, 6.07) is 9.88. The summed E-state index contributed by atoms with van der Waals surface area (Å²) in [5.74, 6) is -0.353. The first-order valence-electron chi connectivity index (χ1n) is 5.65. The minimum atomic E-state index is -0.353. The number of benzene rings is 1. The Balaban J connectivity index is 2.12. The van der Waals surface area contributed by atoms with Crippen LogP contribution in [-0.2, 0) is 11.3 Å². The average molecular weight is 278 g/mol. The van der Waals surface area contributed by atoms with Crippen LogP contribution in [0.1, 0.15) is 5.69 Å². The molecule has 0 fully saturated rings. The van der Waals surface area contributed by atoms with Crippen LogP contribution >= 0.6 is 11.6 Å². The summed E-state index contributed by atoms with van der Waals surface area (Å²) in [5, 5.41) is 7.07. The van der Waals surface area contributed by atoms with Crippen LogP contribution in [0, 0.1) is 6.92 Å². The number of anilines is 1. The molecule has 1 heterocycles. The fourth-order valence-electron chi connectivity index (χ4n) is 1.55. The van der Waals surface area contributed by atoms with E-state index in [0.717, 1.165) is 4.68 Å². The molecule has 0 bridgehead atoms. The Morgan fingerprint density at radius 2 is 2.05 bits per heavy atom. The minimum Gasteiger partial charge on any atom is -0.323 e. The van der Waals surface area contributed by atoms with Crippen LogP contribution in [0.2, 0.25) is 5.02 Å². The van der Waals surface area contributed by atoms with Crippen molar-refractivity contribution in [1.82, 2.24) is 9.78 Å². The third kappa shape index (κ3) is 3.42. The maximum atomic E-state index is 11.8. The second-order valence-electron chi connectivity index (χ2n) is 4.00. The van der Waals surface area contributed by atoms with Crippen molar-refractivity contribution in [2.45, 2.75) is 13.5 Å². The summed E-state index contributed by atoms with van der Waals surface area (Å²) < 4.78 is 1.11. The molecule has 0 aliphatic heterocycles. The second kappa shape index (κ2) is 5.67. The van der Waals surface area contributed by atoms with E-state index in [0.29, 0.717) is 16.4 Å². The van der Waals surface area contributed by atoms with E-state index in [9.17, 15) is 9.59 Å². The number of para-hydroxylation sites is 1. The molecule has 1 aromatic heterocycles. The van der Waals surface area contributed by atoms with E-state index in [4.69, 9.17) is 11.6 Å². The molecular formula is C13H12ClN3O2. The summed E-state index contributed by atoms with van der Waals surface area (Å²) in [6.07, 6.45) is 0. The number of carbonyl (C=O) groups is 1. The zero-order chi connectivity index (χ0) is 13.8. The third-order valence-electron chi connectivity index (χ3n) is 2.44. The lowest BCUT2D eigenvalue weighted by molar-refractivity contribution is -0.117. The Bertz CT molecular complexity index is 667. The molecule has 6 heteroatoms. The molecule has 0 aliphatic carbocycles. The van der Waals surface area contributed by atoms with Gasteiger partial charge in [-0.05, 0) is 25.1 Å². The molecule has 2 aromatic rings. The van der Waals surface area contributed by atoms with E-state index in [1.165, 1.54) is 6.07 Å². The number of rotatable bonds is 3. The molecule has 1 N–H and O–H groups in total. The first kappa shape index (κ1) is 13.3. The van der Waals surface area contributed by atoms with Gasteiger partial charge in [0.05, 0.1) is 16.4 Å². The Morgan fingerprint density at radius 3 is 2.79 bits per heavy atom. The van der Waals surface area contributed by atoms with Gasteiger partial charge in [0.25, 0.3) is 5.56 Å². The molecule has 1 amide bonds. The summed E-state index contributed by atoms with van der Waals surface area (Å²) in [5.41, 5.74) is 0.861. The molecule has 2 rings (SSSR count). The number of nitrogens with one attached hydrogen (secondary N) is 1. The summed E-state index contributed by atoms with van der Waals surface area (Å²) >= 11 is 5.93. The highest BCUT2D eigenvalue weighted by molar-refractivity contribution is 6.33. The number of amides is 1. The predicted octanol–water partition coefficient (Wildman–Crippen LogP) is 1.84. The molecule has 19 heavy (non-hydrogen) atoms. The summed E-state index contributed by atoms with van der Waals surface area (Å²) in [4.78, 5) is 23.3. The van der Waals surface area contributed by atoms with Crippen LogP contribution in [0.15, 0.2) is 41.2 Å². The van der Waals surface area contributed by atoms with Crippen LogP contribution in [0.25, 0.3) is 0 Å². The Morgan fingerprint density at radius 1 is 1.32 bits per heavy atom. The Kier molecular flexibility index (Phi) is 3.97. The fourth-order valence-corrected chi connectivity index (χ4v) is 1.74. The third-order valence-corrected chi connectivity index (χ3v) is 2.77. The first-order valence-corrected chi connectivity index (χ1v) is 6.03. The normalized spacial score (nSPS) is 10.2. The molecule has 0 aliphatic rings. The average Bonchev–Trinajstić information content (AvgIpc) is 2.37. The van der Waals surface area contributed by atoms with Crippen LogP contribution in [0.5, 0.6) is 0 Å². The van der Waals surface area contributed by atoms with Crippen molar-refractivity contribution in [2.24, 2.45) is 0 Å². The van der Waals surface area contributed by atoms with Gasteiger partial charge in [-0.1, -0.05) is 23.7 Å². The van der Waals surface area contributed by atoms with E-state index in [1.807, 2.05) is 0 Å². The van der Waals surface area contributed by atoms with Gasteiger partial charge in [-0.15, -0.1) is 0 Å². The van der Waals surface area contributed by atoms with Crippen LogP contribution < -0.4 is 10.9 Å². The number of aryl methyl sites for hydroxylation is 1. The van der Waals surface area contributed by atoms with Gasteiger partial charge >= 0.3 is 0 Å². The molecule has 98 valence electrons. The van der Waals surface area contributed by atoms with E-state index in [2.05, 4.69) is 10.4 Å². The van der Waals surface area contributed by atoms with E-state index in [-0.39, 0.29) is 18.0 Å². The van der Waals surface area contributed by atoms with Gasteiger partial charge in [-0.2, -0.15) is 5.10 Å². The van der Waals surface area contributed by atoms with Crippen LogP contribution in [0.3, 0.4) is 0 Å². The number of aromatic nitrogens is 2. The van der Waals surface area contributed by atoms with E-state index < -0.39 is 0 Å². The molecule has 0 saturated heterocycles. The lowest BCUT2D eigenvalue weighted by Gasteiger charge is -2.08. The lowest BCUT2D eigenvalue weighted by atomic mass is 10.3. The summed E-state index contributed by atoms with van der Waals surface area (Å²) in [7, 11) is 0. The Hall–Kier alpha value is -2.14. The van der Waals surface area contributed by atoms with Crippen LogP contribution in [-0.4, -0.2) is 15.7 Å². The number of carbonyl (C=O) groups excluding carboxylic acids is 1. The number of halogens is 1. The lowest BCUT2D eigenvalue weighted by Crippen LogP contribution is -2.29. The quantitative estimate of drug-likeness (QED) is 0.931. The van der Waals surface area contributed by atoms with E-state index >= 15 is 0 Å². The van der Waals surface area contributed by atoms with Crippen molar-refractivity contribution in [3.05, 3.63) is 57.5 Å². The fraction of sp³-hybridized carbons (Fsp3) is 0.154. The van der Waals surface area contributed by atoms with Gasteiger partial charge in [0.15, 0.2) is 0 Å². The highest BCUT2D eigenvalue weighted by atomic mass is 35.5. The highest BCUT2D eigenvalue weighted by Crippen LogP contribution is 2.20. The molecule has 0 radical (unpaired) electrons. The molecule has 0 atom stereocenters. The van der Waals surface area contributed by atoms with Gasteiger partial charge in [0, 0.05) is 6.07 Å². The molecule has 1 aromatic carbocycles. The molecule has 5 nitrogen and oxygen atoms in total. The van der Waals surface area contributed by atoms with E-state index in [1.54, 1.807) is 37.3 Å². The zero-order valence-electron chi connectivity index (χ0n) is 10.3. The number of nitrogens with zero attached hydrogens (tertiary/aromatic N) is 2. The van der Waals surface area contributed by atoms with Gasteiger partial charge in [-0.25, -0.2) is 4.68 Å². The van der Waals surface area contributed by atoms with Gasteiger partial charge in [0.2, 0.25) is 5.91 Å². The van der Waals surface area contributed by atoms with Crippen molar-refractivity contribution < 1.29 is 4.79 Å². The predicted molar refractivity (Wildman–Crippen MR) is 73.3 cm³/mol. The first-order chi connectivity index (χ1) is 9.06. The molecule has 0 unspecified atom stereocenters. The maximum Gasteiger partial charge on any atom is 0.267 e. The monoisotopic (exact) mass is 277 g/mol. The maximum absolute atomic E-state index is 11.8. The van der Waals surface area contributed by atoms with Crippen molar-refractivity contribution in [3.63, 3.8) is 0 Å². The molecule has 0 spiro atoms. The molecular weight excluding hydrogens is 266 g/mol. The van der Waals surface area contributed by atoms with Gasteiger partial charge < -0.3 is 5.32 Å². The Labute approximate surface area is 114 Å².